The number of thioether (sulfide) groups is 1. The Hall–Kier alpha value is -5.97. The molecule has 107 heavy (non-hydrogen) atoms. The van der Waals surface area contributed by atoms with Crippen LogP contribution in [0.1, 0.15) is 210 Å². The molecule has 594 valence electrons. The van der Waals surface area contributed by atoms with Crippen LogP contribution in [0.15, 0.2) is 131 Å². The van der Waals surface area contributed by atoms with Crippen LogP contribution in [-0.4, -0.2) is 152 Å². The lowest BCUT2D eigenvalue weighted by atomic mass is 9.94. The first-order chi connectivity index (χ1) is 49.2. The van der Waals surface area contributed by atoms with Gasteiger partial charge in [-0.3, -0.25) is 24.2 Å². The van der Waals surface area contributed by atoms with Gasteiger partial charge in [-0.2, -0.15) is 0 Å². The zero-order valence-corrected chi connectivity index (χ0v) is 76.8. The van der Waals surface area contributed by atoms with E-state index in [4.69, 9.17) is 39.4 Å². The van der Waals surface area contributed by atoms with Gasteiger partial charge in [0.15, 0.2) is 0 Å². The Morgan fingerprint density at radius 2 is 0.701 bits per heavy atom. The van der Waals surface area contributed by atoms with Crippen LogP contribution in [-0.2, 0) is 23.9 Å². The second-order valence-corrected chi connectivity index (χ2v) is 63.0. The number of aliphatic imine (C=N–C) groups is 1. The molecule has 0 radical (unpaired) electrons. The van der Waals surface area contributed by atoms with E-state index in [9.17, 15) is 28.8 Å². The van der Waals surface area contributed by atoms with E-state index in [0.29, 0.717) is 66.9 Å². The van der Waals surface area contributed by atoms with Crippen molar-refractivity contribution in [3.8, 4) is 0 Å². The van der Waals surface area contributed by atoms with E-state index in [1.54, 1.807) is 56.8 Å². The summed E-state index contributed by atoms with van der Waals surface area (Å²) in [5.74, 6) is 2.03. The fourth-order valence-corrected chi connectivity index (χ4v) is 14.7. The summed E-state index contributed by atoms with van der Waals surface area (Å²) in [5, 5.41) is 25.6. The van der Waals surface area contributed by atoms with Crippen LogP contribution >= 0.6 is 36.2 Å². The molecule has 1 fully saturated rings. The first-order valence-corrected chi connectivity index (χ1v) is 58.3. The monoisotopic (exact) mass is 1610 g/mol. The Labute approximate surface area is 667 Å². The molecule has 4 unspecified atom stereocenters. The summed E-state index contributed by atoms with van der Waals surface area (Å²) in [6.07, 6.45) is 12.8. The Morgan fingerprint density at radius 3 is 0.953 bits per heavy atom. The molecule has 0 spiro atoms. The maximum Gasteiger partial charge on any atom is 0.251 e. The highest BCUT2D eigenvalue weighted by Gasteiger charge is 2.21. The first kappa shape index (κ1) is 101. The van der Waals surface area contributed by atoms with Crippen molar-refractivity contribution in [1.29, 1.82) is 0 Å². The number of nitrogens with one attached hydrogen (secondary N) is 4. The van der Waals surface area contributed by atoms with Gasteiger partial charge in [-0.05, 0) is 116 Å². The normalized spacial score (nSPS) is 13.4. The predicted octanol–water partition coefficient (Wildman–Crippen LogP) is 20.7. The second-order valence-electron chi connectivity index (χ2n) is 34.0. The van der Waals surface area contributed by atoms with E-state index in [2.05, 4.69) is 212 Å². The lowest BCUT2D eigenvalue weighted by molar-refractivity contribution is -0.119. The fraction of sp³-hybridized carbons (Fsp3) is 0.529. The van der Waals surface area contributed by atoms with Gasteiger partial charge in [-0.1, -0.05) is 274 Å². The number of benzene rings is 5. The van der Waals surface area contributed by atoms with Gasteiger partial charge >= 0.3 is 0 Å². The summed E-state index contributed by atoms with van der Waals surface area (Å²) in [5.41, 5.74) is 10.7. The molecule has 22 heteroatoms. The van der Waals surface area contributed by atoms with Crippen LogP contribution in [0.25, 0.3) is 0 Å². The molecule has 0 saturated carbocycles. The number of hydrogen-bond donors (Lipinski definition) is 5. The Morgan fingerprint density at radius 1 is 0.430 bits per heavy atom. The highest BCUT2D eigenvalue weighted by molar-refractivity contribution is 8.13. The van der Waals surface area contributed by atoms with E-state index >= 15 is 0 Å². The molecule has 4 atom stereocenters. The predicted molar refractivity (Wildman–Crippen MR) is 483 cm³/mol. The number of amides is 2. The van der Waals surface area contributed by atoms with Crippen molar-refractivity contribution in [2.45, 2.75) is 243 Å². The SMILES string of the molecule is C.C1CCOC1.CC(=NO)c1ccc(C(=O)NC[Si](C)(C)C)cc1.CC(=O)CC(C)c1ccc(C(=O)NC[Si](C)(C)C)cc1.CC(=O)CC(C)c1ccc(C(=S)NC[Si](C)(C)C)cc1.CCC(=O)CC(C)c1ccc(C(=NC[Si](C)(C)C)SC)cc1.CCC(=O)CC(C)c1ccc(C(=S)NC[Si](C)(C)C)cc1. The van der Waals surface area contributed by atoms with Gasteiger partial charge in [0, 0.05) is 110 Å². The molecule has 1 aliphatic rings. The number of rotatable bonds is 30. The maximum atomic E-state index is 12.0. The summed E-state index contributed by atoms with van der Waals surface area (Å²) < 4.78 is 4.94. The number of ether oxygens (including phenoxy) is 1. The summed E-state index contributed by atoms with van der Waals surface area (Å²) in [7, 11) is -5.98. The largest absolute Gasteiger partial charge is 0.411 e. The summed E-state index contributed by atoms with van der Waals surface area (Å²) in [6, 6.07) is 39.7. The topological polar surface area (TPSA) is 205 Å². The quantitative estimate of drug-likeness (QED) is 0.00726. The van der Waals surface area contributed by atoms with Crippen molar-refractivity contribution in [1.82, 2.24) is 21.3 Å². The zero-order valence-electron chi connectivity index (χ0n) is 69.4. The summed E-state index contributed by atoms with van der Waals surface area (Å²) in [6.45, 7) is 53.3. The third-order valence-corrected chi connectivity index (χ3v) is 24.1. The third-order valence-electron chi connectivity index (χ3n) is 16.5. The van der Waals surface area contributed by atoms with Crippen LogP contribution in [0.4, 0.5) is 0 Å². The Balaban J connectivity index is 0.00000129. The molecule has 5 N–H and O–H groups in total. The van der Waals surface area contributed by atoms with Crippen molar-refractivity contribution < 1.29 is 38.7 Å². The Kier molecular flexibility index (Phi) is 47.9. The molecule has 5 aromatic rings. The summed E-state index contributed by atoms with van der Waals surface area (Å²) >= 11 is 12.6. The van der Waals surface area contributed by atoms with Crippen LogP contribution < -0.4 is 21.3 Å². The minimum absolute atomic E-state index is 0. The number of oxime groups is 1. The standard InChI is InChI=1S/C18H29NOSSi.C17H27NOSSi.C16H25NO2Si.C16H25NOSSi.C13H20N2O2Si.C4H8O.CH4/c1-7-17(20)12-14(2)15-8-10-16(11-9-15)18(21-3)19-13-22(4,5)6;1-6-16(19)11-13(2)14-7-9-15(10-8-14)17(20)18-12-21(3,4)5;2*1-12(10-13(2)18)14-6-8-15(9-7-14)16(19)17-11-20(3,4)5;1-10(15-17)11-5-7-12(8-6-11)13(16)14-9-18(2,3)4;1-2-4-5-3-1;/h8-11,14H,7,12-13H2,1-6H3;7-10,13H,6,11-12H2,1-5H3,(H,18,20);2*6-9,12H,10-11H2,1-5H3,(H,17,19);5-8,17H,9H2,1-4H3,(H,14,16);1-4H2;1H4. The average Bonchev–Trinajstić information content (AvgIpc) is 1.02. The summed E-state index contributed by atoms with van der Waals surface area (Å²) in [4.78, 5) is 75.7. The number of thiocarbonyl (C=S) groups is 2. The van der Waals surface area contributed by atoms with Gasteiger partial charge in [-0.15, -0.1) is 11.8 Å². The lowest BCUT2D eigenvalue weighted by Crippen LogP contribution is -2.39. The molecule has 0 bridgehead atoms. The number of ketones is 4. The molecule has 14 nitrogen and oxygen atoms in total. The zero-order chi connectivity index (χ0) is 80.8. The third kappa shape index (κ3) is 47.0. The van der Waals surface area contributed by atoms with E-state index in [0.717, 1.165) is 81.3 Å². The molecule has 5 aromatic carbocycles. The lowest BCUT2D eigenvalue weighted by Gasteiger charge is -2.18. The van der Waals surface area contributed by atoms with Crippen molar-refractivity contribution in [2.75, 3.05) is 50.3 Å². The highest BCUT2D eigenvalue weighted by Crippen LogP contribution is 2.25. The fourth-order valence-electron chi connectivity index (χ4n) is 9.95. The minimum Gasteiger partial charge on any atom is -0.411 e. The number of hydrogen-bond acceptors (Lipinski definition) is 13. The molecule has 1 saturated heterocycles. The van der Waals surface area contributed by atoms with Gasteiger partial charge in [0.05, 0.1) is 51.1 Å². The van der Waals surface area contributed by atoms with Crippen molar-refractivity contribution in [3.05, 3.63) is 177 Å². The van der Waals surface area contributed by atoms with Gasteiger partial charge in [-0.25, -0.2) is 0 Å². The van der Waals surface area contributed by atoms with Crippen LogP contribution in [0, 0.1) is 0 Å². The molecule has 0 aromatic heterocycles. The van der Waals surface area contributed by atoms with E-state index in [1.165, 1.54) is 35.1 Å². The van der Waals surface area contributed by atoms with Crippen LogP contribution in [0.2, 0.25) is 98.2 Å². The van der Waals surface area contributed by atoms with Gasteiger partial charge in [0.1, 0.15) is 33.1 Å². The van der Waals surface area contributed by atoms with E-state index in [1.807, 2.05) is 57.2 Å². The van der Waals surface area contributed by atoms with Gasteiger partial charge in [0.25, 0.3) is 11.8 Å². The maximum absolute atomic E-state index is 12.0. The smallest absolute Gasteiger partial charge is 0.251 e. The Bertz CT molecular complexity index is 3480. The molecule has 1 heterocycles. The van der Waals surface area contributed by atoms with Crippen molar-refractivity contribution in [3.63, 3.8) is 0 Å². The number of carbonyl (C=O) groups excluding carboxylic acids is 6. The van der Waals surface area contributed by atoms with Crippen molar-refractivity contribution in [2.24, 2.45) is 10.1 Å². The van der Waals surface area contributed by atoms with E-state index in [-0.39, 0.29) is 54.5 Å². The number of Topliss-reactive ketones (excluding diaryl/α,β-unsaturated/α-hetero) is 4. The van der Waals surface area contributed by atoms with Crippen LogP contribution in [0.3, 0.4) is 0 Å². The highest BCUT2D eigenvalue weighted by atomic mass is 32.2. The van der Waals surface area contributed by atoms with Crippen molar-refractivity contribution >= 4 is 132 Å². The minimum atomic E-state index is -1.27. The molecular weight excluding hydrogens is 1470 g/mol. The molecule has 6 rings (SSSR count). The van der Waals surface area contributed by atoms with Crippen LogP contribution in [0.5, 0.6) is 0 Å². The van der Waals surface area contributed by atoms with Gasteiger partial charge in [0.2, 0.25) is 0 Å². The number of carbonyl (C=O) groups is 6. The van der Waals surface area contributed by atoms with Gasteiger partial charge < -0.3 is 40.8 Å². The molecule has 2 amide bonds. The van der Waals surface area contributed by atoms with E-state index < -0.39 is 40.4 Å². The average molecular weight is 1610 g/mol. The second kappa shape index (κ2) is 50.8. The first-order valence-electron chi connectivity index (χ1n) is 37.7. The molecule has 1 aliphatic heterocycles. The number of nitrogens with zero attached hydrogens (tertiary/aromatic N) is 2. The molecular formula is C85H138N6O8S3Si5. The molecule has 0 aliphatic carbocycles.